The Morgan fingerprint density at radius 2 is 1.86 bits per heavy atom. The summed E-state index contributed by atoms with van der Waals surface area (Å²) in [7, 11) is 0. The Hall–Kier alpha value is -1.58. The molecule has 2 rings (SSSR count). The molecule has 0 radical (unpaired) electrons. The highest BCUT2D eigenvalue weighted by molar-refractivity contribution is 8.03. The number of hydrogen-bond donors (Lipinski definition) is 2. The summed E-state index contributed by atoms with van der Waals surface area (Å²) in [6.45, 7) is 7.78. The van der Waals surface area contributed by atoms with Gasteiger partial charge in [0.2, 0.25) is 11.8 Å². The van der Waals surface area contributed by atoms with E-state index in [-0.39, 0.29) is 23.6 Å². The maximum Gasteiger partial charge on any atom is 0.243 e. The van der Waals surface area contributed by atoms with Gasteiger partial charge in [-0.2, -0.15) is 0 Å². The number of nitrogens with one attached hydrogen (secondary N) is 2. The van der Waals surface area contributed by atoms with E-state index in [2.05, 4.69) is 27.8 Å². The lowest BCUT2D eigenvalue weighted by atomic mass is 10.1. The molecule has 28 heavy (non-hydrogen) atoms. The smallest absolute Gasteiger partial charge is 0.243 e. The first-order valence-electron chi connectivity index (χ1n) is 9.17. The molecule has 0 saturated heterocycles. The van der Waals surface area contributed by atoms with Crippen molar-refractivity contribution < 1.29 is 9.59 Å². The van der Waals surface area contributed by atoms with Crippen molar-refractivity contribution in [3.05, 3.63) is 29.3 Å². The van der Waals surface area contributed by atoms with Crippen LogP contribution in [0.4, 0.5) is 5.69 Å². The van der Waals surface area contributed by atoms with Gasteiger partial charge in [-0.05, 0) is 38.3 Å². The van der Waals surface area contributed by atoms with Gasteiger partial charge in [0.1, 0.15) is 0 Å². The van der Waals surface area contributed by atoms with Crippen molar-refractivity contribution in [2.75, 3.05) is 17.6 Å². The van der Waals surface area contributed by atoms with Crippen LogP contribution >= 0.6 is 34.9 Å². The first kappa shape index (κ1) is 22.7. The first-order valence-corrected chi connectivity index (χ1v) is 11.9. The number of nitrogens with zero attached hydrogens (tertiary/aromatic N) is 2. The molecule has 0 bridgehead atoms. The molecule has 0 spiro atoms. The van der Waals surface area contributed by atoms with E-state index in [1.807, 2.05) is 32.0 Å². The van der Waals surface area contributed by atoms with Gasteiger partial charge in [-0.15, -0.1) is 10.2 Å². The standard InChI is InChI=1S/C19H26N4O2S3/c1-5-6-10-26-18-22-23-19(28-18)27-14(4)17(25)20-11-15(24)21-16-12(2)8-7-9-13(16)3/h7-9,14H,5-6,10-11H2,1-4H3,(H,20,25)(H,21,24). The fourth-order valence-electron chi connectivity index (χ4n) is 2.32. The van der Waals surface area contributed by atoms with Crippen molar-refractivity contribution in [1.29, 1.82) is 0 Å². The van der Waals surface area contributed by atoms with Crippen LogP contribution in [0.2, 0.25) is 0 Å². The Labute approximate surface area is 178 Å². The minimum Gasteiger partial charge on any atom is -0.346 e. The summed E-state index contributed by atoms with van der Waals surface area (Å²) in [5, 5.41) is 13.5. The molecule has 2 aromatic rings. The van der Waals surface area contributed by atoms with E-state index in [0.717, 1.165) is 44.1 Å². The number of anilines is 1. The maximum atomic E-state index is 12.3. The number of carbonyl (C=O) groups is 2. The summed E-state index contributed by atoms with van der Waals surface area (Å²) < 4.78 is 1.69. The van der Waals surface area contributed by atoms with Crippen molar-refractivity contribution in [2.24, 2.45) is 0 Å². The number of rotatable bonds is 10. The van der Waals surface area contributed by atoms with Gasteiger partial charge in [0.05, 0.1) is 11.8 Å². The summed E-state index contributed by atoms with van der Waals surface area (Å²) in [5.74, 6) is 0.590. The summed E-state index contributed by atoms with van der Waals surface area (Å²) in [5.41, 5.74) is 2.78. The zero-order valence-electron chi connectivity index (χ0n) is 16.6. The molecular formula is C19H26N4O2S3. The van der Waals surface area contributed by atoms with Crippen LogP contribution < -0.4 is 10.6 Å². The molecule has 2 amide bonds. The van der Waals surface area contributed by atoms with Gasteiger partial charge in [-0.3, -0.25) is 9.59 Å². The number of carbonyl (C=O) groups excluding carboxylic acids is 2. The number of para-hydroxylation sites is 1. The topological polar surface area (TPSA) is 84.0 Å². The predicted molar refractivity (Wildman–Crippen MR) is 118 cm³/mol. The molecule has 6 nitrogen and oxygen atoms in total. The van der Waals surface area contributed by atoms with Crippen molar-refractivity contribution in [1.82, 2.24) is 15.5 Å². The van der Waals surface area contributed by atoms with Gasteiger partial charge in [0, 0.05) is 11.4 Å². The largest absolute Gasteiger partial charge is 0.346 e. The van der Waals surface area contributed by atoms with E-state index in [1.54, 1.807) is 18.7 Å². The molecule has 1 heterocycles. The van der Waals surface area contributed by atoms with Crippen LogP contribution in [0.3, 0.4) is 0 Å². The zero-order valence-corrected chi connectivity index (χ0v) is 19.0. The second-order valence-electron chi connectivity index (χ2n) is 6.33. The van der Waals surface area contributed by atoms with Crippen molar-refractivity contribution in [2.45, 2.75) is 54.5 Å². The molecule has 1 unspecified atom stereocenters. The highest BCUT2D eigenvalue weighted by atomic mass is 32.2. The third kappa shape index (κ3) is 7.10. The average Bonchev–Trinajstić information content (AvgIpc) is 3.10. The molecule has 0 fully saturated rings. The van der Waals surface area contributed by atoms with Crippen molar-refractivity contribution in [3.63, 3.8) is 0 Å². The van der Waals surface area contributed by atoms with E-state index in [1.165, 1.54) is 23.1 Å². The van der Waals surface area contributed by atoms with Crippen LogP contribution in [0.5, 0.6) is 0 Å². The SMILES string of the molecule is CCCCSc1nnc(SC(C)C(=O)NCC(=O)Nc2c(C)cccc2C)s1. The van der Waals surface area contributed by atoms with Crippen LogP contribution in [0, 0.1) is 13.8 Å². The number of aryl methyl sites for hydroxylation is 2. The molecule has 0 saturated carbocycles. The van der Waals surface area contributed by atoms with E-state index in [4.69, 9.17) is 0 Å². The molecule has 1 atom stereocenters. The fraction of sp³-hybridized carbons (Fsp3) is 0.474. The average molecular weight is 439 g/mol. The summed E-state index contributed by atoms with van der Waals surface area (Å²) in [6, 6.07) is 5.83. The first-order chi connectivity index (χ1) is 13.4. The lowest BCUT2D eigenvalue weighted by molar-refractivity contribution is -0.123. The van der Waals surface area contributed by atoms with Gasteiger partial charge < -0.3 is 10.6 Å². The minimum atomic E-state index is -0.352. The van der Waals surface area contributed by atoms with Gasteiger partial charge in [0.15, 0.2) is 8.68 Å². The fourth-order valence-corrected chi connectivity index (χ4v) is 5.66. The van der Waals surface area contributed by atoms with E-state index >= 15 is 0 Å². The van der Waals surface area contributed by atoms with Crippen LogP contribution in [0.25, 0.3) is 0 Å². The molecule has 0 aliphatic heterocycles. The van der Waals surface area contributed by atoms with E-state index < -0.39 is 0 Å². The highest BCUT2D eigenvalue weighted by Crippen LogP contribution is 2.31. The monoisotopic (exact) mass is 438 g/mol. The summed E-state index contributed by atoms with van der Waals surface area (Å²) >= 11 is 4.56. The Morgan fingerprint density at radius 1 is 1.18 bits per heavy atom. The van der Waals surface area contributed by atoms with Crippen molar-refractivity contribution >= 4 is 52.4 Å². The highest BCUT2D eigenvalue weighted by Gasteiger charge is 2.18. The normalized spacial score (nSPS) is 11.9. The Bertz CT molecular complexity index is 790. The summed E-state index contributed by atoms with van der Waals surface area (Å²) in [4.78, 5) is 24.5. The molecule has 2 N–H and O–H groups in total. The van der Waals surface area contributed by atoms with Crippen LogP contribution in [-0.2, 0) is 9.59 Å². The molecule has 9 heteroatoms. The number of benzene rings is 1. The number of hydrogen-bond acceptors (Lipinski definition) is 7. The number of amides is 2. The maximum absolute atomic E-state index is 12.3. The molecule has 152 valence electrons. The number of unbranched alkanes of at least 4 members (excludes halogenated alkanes) is 1. The Kier molecular flexibility index (Phi) is 9.27. The molecule has 1 aromatic heterocycles. The summed E-state index contributed by atoms with van der Waals surface area (Å²) in [6.07, 6.45) is 2.30. The van der Waals surface area contributed by atoms with Gasteiger partial charge in [-0.1, -0.05) is 66.4 Å². The van der Waals surface area contributed by atoms with Crippen molar-refractivity contribution in [3.8, 4) is 0 Å². The Balaban J connectivity index is 1.78. The van der Waals surface area contributed by atoms with Crippen LogP contribution in [0.1, 0.15) is 37.8 Å². The number of aromatic nitrogens is 2. The zero-order chi connectivity index (χ0) is 20.5. The van der Waals surface area contributed by atoms with E-state index in [9.17, 15) is 9.59 Å². The molecule has 1 aromatic carbocycles. The minimum absolute atomic E-state index is 0.0637. The third-order valence-corrected chi connectivity index (χ3v) is 7.25. The van der Waals surface area contributed by atoms with Crippen LogP contribution in [-0.4, -0.2) is 39.6 Å². The van der Waals surface area contributed by atoms with Gasteiger partial charge >= 0.3 is 0 Å². The van der Waals surface area contributed by atoms with Gasteiger partial charge in [0.25, 0.3) is 0 Å². The second-order valence-corrected chi connectivity index (χ2v) is 10.2. The number of thioether (sulfide) groups is 2. The Morgan fingerprint density at radius 3 is 2.54 bits per heavy atom. The lowest BCUT2D eigenvalue weighted by Gasteiger charge is -2.13. The van der Waals surface area contributed by atoms with E-state index in [0.29, 0.717) is 0 Å². The predicted octanol–water partition coefficient (Wildman–Crippen LogP) is 4.28. The molecule has 0 aliphatic carbocycles. The van der Waals surface area contributed by atoms with Gasteiger partial charge in [-0.25, -0.2) is 0 Å². The second kappa shape index (κ2) is 11.4. The van der Waals surface area contributed by atoms with Crippen LogP contribution in [0.15, 0.2) is 26.9 Å². The quantitative estimate of drug-likeness (QED) is 0.425. The third-order valence-electron chi connectivity index (χ3n) is 3.93. The lowest BCUT2D eigenvalue weighted by Crippen LogP contribution is -2.37. The molecule has 0 aliphatic rings. The molecular weight excluding hydrogens is 412 g/mol.